The van der Waals surface area contributed by atoms with Crippen LogP contribution < -0.4 is 5.32 Å². The summed E-state index contributed by atoms with van der Waals surface area (Å²) < 4.78 is 0.768. The Hall–Kier alpha value is -1.34. The molecule has 0 aliphatic heterocycles. The van der Waals surface area contributed by atoms with Gasteiger partial charge in [-0.05, 0) is 47.8 Å². The molecule has 1 aliphatic carbocycles. The van der Waals surface area contributed by atoms with Gasteiger partial charge in [-0.2, -0.15) is 5.26 Å². The lowest BCUT2D eigenvalue weighted by Gasteiger charge is -2.30. The van der Waals surface area contributed by atoms with Gasteiger partial charge in [-0.1, -0.05) is 43.7 Å². The minimum Gasteiger partial charge on any atom is -0.334 e. The largest absolute Gasteiger partial charge is 0.334 e. The summed E-state index contributed by atoms with van der Waals surface area (Å²) in [4.78, 5) is 12.6. The molecule has 1 fully saturated rings. The van der Waals surface area contributed by atoms with Crippen LogP contribution >= 0.6 is 15.9 Å². The van der Waals surface area contributed by atoms with E-state index in [4.69, 9.17) is 0 Å². The van der Waals surface area contributed by atoms with E-state index < -0.39 is 5.54 Å². The van der Waals surface area contributed by atoms with E-state index in [-0.39, 0.29) is 5.91 Å². The standard InChI is InChI=1S/C17H21BrN2O/c1-13-7-8-15(18)14(11-13)16(21)20-17(12-19)9-5-3-2-4-6-10-17/h7-8,11H,2-6,9-10H2,1H3,(H,20,21). The first-order chi connectivity index (χ1) is 10.1. The zero-order valence-electron chi connectivity index (χ0n) is 12.4. The first kappa shape index (κ1) is 16.0. The van der Waals surface area contributed by atoms with E-state index in [2.05, 4.69) is 27.3 Å². The highest BCUT2D eigenvalue weighted by Crippen LogP contribution is 2.27. The highest BCUT2D eigenvalue weighted by Gasteiger charge is 2.32. The predicted molar refractivity (Wildman–Crippen MR) is 87.0 cm³/mol. The summed E-state index contributed by atoms with van der Waals surface area (Å²) in [5, 5.41) is 12.6. The van der Waals surface area contributed by atoms with Gasteiger partial charge in [0.1, 0.15) is 5.54 Å². The van der Waals surface area contributed by atoms with Crippen LogP contribution in [0.1, 0.15) is 60.9 Å². The normalized spacial score (nSPS) is 18.1. The van der Waals surface area contributed by atoms with Crippen molar-refractivity contribution in [1.82, 2.24) is 5.32 Å². The maximum absolute atomic E-state index is 12.6. The van der Waals surface area contributed by atoms with Crippen molar-refractivity contribution in [1.29, 1.82) is 5.26 Å². The highest BCUT2D eigenvalue weighted by molar-refractivity contribution is 9.10. The number of nitrogens with one attached hydrogen (secondary N) is 1. The van der Waals surface area contributed by atoms with Crippen LogP contribution in [-0.2, 0) is 0 Å². The average molecular weight is 349 g/mol. The number of carbonyl (C=O) groups excluding carboxylic acids is 1. The monoisotopic (exact) mass is 348 g/mol. The number of benzene rings is 1. The van der Waals surface area contributed by atoms with E-state index in [1.807, 2.05) is 25.1 Å². The summed E-state index contributed by atoms with van der Waals surface area (Å²) in [5.74, 6) is -0.160. The average Bonchev–Trinajstić information content (AvgIpc) is 2.44. The second kappa shape index (κ2) is 7.09. The van der Waals surface area contributed by atoms with Gasteiger partial charge in [-0.3, -0.25) is 4.79 Å². The summed E-state index contributed by atoms with van der Waals surface area (Å²) >= 11 is 3.42. The van der Waals surface area contributed by atoms with Crippen molar-refractivity contribution in [2.75, 3.05) is 0 Å². The first-order valence-electron chi connectivity index (χ1n) is 7.56. The minimum absolute atomic E-state index is 0.160. The van der Waals surface area contributed by atoms with E-state index >= 15 is 0 Å². The van der Waals surface area contributed by atoms with Crippen LogP contribution in [0, 0.1) is 18.3 Å². The van der Waals surface area contributed by atoms with Crippen LogP contribution in [0.25, 0.3) is 0 Å². The fraction of sp³-hybridized carbons (Fsp3) is 0.529. The van der Waals surface area contributed by atoms with Crippen LogP contribution in [0.15, 0.2) is 22.7 Å². The number of nitrogens with zero attached hydrogens (tertiary/aromatic N) is 1. The number of hydrogen-bond donors (Lipinski definition) is 1. The van der Waals surface area contributed by atoms with E-state index in [0.29, 0.717) is 5.56 Å². The molecule has 0 aromatic heterocycles. The molecule has 0 heterocycles. The van der Waals surface area contributed by atoms with Gasteiger partial charge < -0.3 is 5.32 Å². The van der Waals surface area contributed by atoms with Gasteiger partial charge in [0.25, 0.3) is 5.91 Å². The van der Waals surface area contributed by atoms with Gasteiger partial charge in [0, 0.05) is 4.47 Å². The Labute approximate surface area is 134 Å². The van der Waals surface area contributed by atoms with Crippen molar-refractivity contribution >= 4 is 21.8 Å². The molecule has 1 aliphatic rings. The lowest BCUT2D eigenvalue weighted by atomic mass is 9.85. The molecule has 1 aromatic rings. The van der Waals surface area contributed by atoms with Gasteiger partial charge >= 0.3 is 0 Å². The van der Waals surface area contributed by atoms with Crippen LogP contribution in [0.5, 0.6) is 0 Å². The Balaban J connectivity index is 2.18. The third kappa shape index (κ3) is 4.07. The third-order valence-electron chi connectivity index (χ3n) is 4.14. The Morgan fingerprint density at radius 2 is 1.86 bits per heavy atom. The van der Waals surface area contributed by atoms with Crippen molar-refractivity contribution in [3.05, 3.63) is 33.8 Å². The molecule has 0 spiro atoms. The Morgan fingerprint density at radius 3 is 2.48 bits per heavy atom. The van der Waals surface area contributed by atoms with Crippen molar-refractivity contribution in [2.45, 2.75) is 57.4 Å². The highest BCUT2D eigenvalue weighted by atomic mass is 79.9. The Kier molecular flexibility index (Phi) is 5.41. The van der Waals surface area contributed by atoms with Gasteiger partial charge in [0.2, 0.25) is 0 Å². The number of carbonyl (C=O) groups is 1. The molecule has 4 heteroatoms. The molecule has 0 radical (unpaired) electrons. The summed E-state index contributed by atoms with van der Waals surface area (Å²) in [5.41, 5.74) is 0.930. The molecule has 21 heavy (non-hydrogen) atoms. The molecule has 2 rings (SSSR count). The zero-order chi connectivity index (χ0) is 15.3. The molecule has 0 saturated heterocycles. The maximum Gasteiger partial charge on any atom is 0.253 e. The van der Waals surface area contributed by atoms with Crippen molar-refractivity contribution < 1.29 is 4.79 Å². The van der Waals surface area contributed by atoms with E-state index in [1.165, 1.54) is 6.42 Å². The van der Waals surface area contributed by atoms with Crippen LogP contribution in [0.2, 0.25) is 0 Å². The fourth-order valence-corrected chi connectivity index (χ4v) is 3.30. The number of hydrogen-bond acceptors (Lipinski definition) is 2. The van der Waals surface area contributed by atoms with E-state index in [1.54, 1.807) is 0 Å². The fourth-order valence-electron chi connectivity index (χ4n) is 2.87. The smallest absolute Gasteiger partial charge is 0.253 e. The number of aryl methyl sites for hydroxylation is 1. The van der Waals surface area contributed by atoms with E-state index in [9.17, 15) is 10.1 Å². The van der Waals surface area contributed by atoms with Crippen molar-refractivity contribution in [3.63, 3.8) is 0 Å². The number of nitriles is 1. The summed E-state index contributed by atoms with van der Waals surface area (Å²) in [7, 11) is 0. The van der Waals surface area contributed by atoms with Crippen LogP contribution in [0.4, 0.5) is 0 Å². The third-order valence-corrected chi connectivity index (χ3v) is 4.83. The molecule has 112 valence electrons. The van der Waals surface area contributed by atoms with Gasteiger partial charge in [0.15, 0.2) is 0 Å². The first-order valence-corrected chi connectivity index (χ1v) is 8.35. The van der Waals surface area contributed by atoms with Gasteiger partial charge in [-0.15, -0.1) is 0 Å². The minimum atomic E-state index is -0.708. The summed E-state index contributed by atoms with van der Waals surface area (Å²) in [6, 6.07) is 8.06. The lowest BCUT2D eigenvalue weighted by molar-refractivity contribution is 0.0907. The van der Waals surface area contributed by atoms with Gasteiger partial charge in [0.05, 0.1) is 11.6 Å². The molecule has 0 bridgehead atoms. The summed E-state index contributed by atoms with van der Waals surface area (Å²) in [6.07, 6.45) is 7.03. The Morgan fingerprint density at radius 1 is 1.24 bits per heavy atom. The summed E-state index contributed by atoms with van der Waals surface area (Å²) in [6.45, 7) is 1.96. The van der Waals surface area contributed by atoms with E-state index in [0.717, 1.165) is 48.6 Å². The SMILES string of the molecule is Cc1ccc(Br)c(C(=O)NC2(C#N)CCCCCCC2)c1. The predicted octanol–water partition coefficient (Wildman–Crippen LogP) is 4.49. The number of amides is 1. The maximum atomic E-state index is 12.6. The molecular weight excluding hydrogens is 328 g/mol. The Bertz CT molecular complexity index is 554. The second-order valence-electron chi connectivity index (χ2n) is 5.90. The molecule has 0 atom stereocenters. The molecule has 1 N–H and O–H groups in total. The van der Waals surface area contributed by atoms with Gasteiger partial charge in [-0.25, -0.2) is 0 Å². The molecular formula is C17H21BrN2O. The molecule has 1 aromatic carbocycles. The second-order valence-corrected chi connectivity index (χ2v) is 6.75. The number of rotatable bonds is 2. The molecule has 1 saturated carbocycles. The molecule has 3 nitrogen and oxygen atoms in total. The quantitative estimate of drug-likeness (QED) is 0.855. The molecule has 0 unspecified atom stereocenters. The van der Waals surface area contributed by atoms with Crippen molar-refractivity contribution in [3.8, 4) is 6.07 Å². The zero-order valence-corrected chi connectivity index (χ0v) is 14.0. The molecule has 1 amide bonds. The van der Waals surface area contributed by atoms with Crippen LogP contribution in [-0.4, -0.2) is 11.4 Å². The van der Waals surface area contributed by atoms with Crippen molar-refractivity contribution in [2.24, 2.45) is 0 Å². The topological polar surface area (TPSA) is 52.9 Å². The van der Waals surface area contributed by atoms with Crippen LogP contribution in [0.3, 0.4) is 0 Å². The number of halogens is 1. The lowest BCUT2D eigenvalue weighted by Crippen LogP contribution is -2.47.